The summed E-state index contributed by atoms with van der Waals surface area (Å²) in [5, 5.41) is 0. The van der Waals surface area contributed by atoms with E-state index in [1.165, 1.54) is 11.3 Å². The van der Waals surface area contributed by atoms with Gasteiger partial charge in [0.1, 0.15) is 0 Å². The summed E-state index contributed by atoms with van der Waals surface area (Å²) in [5.41, 5.74) is 2.83. The highest BCUT2D eigenvalue weighted by molar-refractivity contribution is 7.90. The van der Waals surface area contributed by atoms with Crippen molar-refractivity contribution < 1.29 is 17.9 Å². The molecule has 0 aliphatic rings. The van der Waals surface area contributed by atoms with Gasteiger partial charge < -0.3 is 9.30 Å². The van der Waals surface area contributed by atoms with Crippen LogP contribution in [0.1, 0.15) is 17.5 Å². The van der Waals surface area contributed by atoms with Crippen molar-refractivity contribution in [1.29, 1.82) is 0 Å². The van der Waals surface area contributed by atoms with Gasteiger partial charge in [-0.15, -0.1) is 0 Å². The first kappa shape index (κ1) is 21.4. The summed E-state index contributed by atoms with van der Waals surface area (Å²) in [6.45, 7) is 3.07. The van der Waals surface area contributed by atoms with Crippen LogP contribution >= 0.6 is 11.3 Å². The van der Waals surface area contributed by atoms with Crippen molar-refractivity contribution in [3.63, 3.8) is 0 Å². The monoisotopic (exact) mass is 432 g/mol. The number of benzene rings is 2. The number of carbonyl (C=O) groups is 1. The van der Waals surface area contributed by atoms with Crippen LogP contribution in [-0.2, 0) is 31.7 Å². The minimum Gasteiger partial charge on any atom is -0.383 e. The molecule has 0 radical (unpaired) electrons. The molecule has 0 spiro atoms. The number of fused-ring (bicyclic) bond motifs is 1. The van der Waals surface area contributed by atoms with Crippen LogP contribution in [0.5, 0.6) is 0 Å². The van der Waals surface area contributed by atoms with Crippen molar-refractivity contribution in [1.82, 2.24) is 4.57 Å². The van der Waals surface area contributed by atoms with E-state index in [-0.39, 0.29) is 17.9 Å². The molecule has 0 N–H and O–H groups in total. The number of nitrogens with zero attached hydrogens (tertiary/aromatic N) is 2. The number of amides is 1. The number of ether oxygens (including phenoxy) is 1. The van der Waals surface area contributed by atoms with E-state index < -0.39 is 15.7 Å². The van der Waals surface area contributed by atoms with E-state index in [2.05, 4.69) is 11.1 Å². The highest BCUT2D eigenvalue weighted by Gasteiger charge is 2.15. The lowest BCUT2D eigenvalue weighted by atomic mass is 10.2. The minimum atomic E-state index is -3.38. The molecule has 0 saturated heterocycles. The van der Waals surface area contributed by atoms with Gasteiger partial charge in [-0.2, -0.15) is 4.99 Å². The van der Waals surface area contributed by atoms with Gasteiger partial charge in [-0.1, -0.05) is 47.7 Å². The van der Waals surface area contributed by atoms with Crippen LogP contribution in [0.4, 0.5) is 0 Å². The Morgan fingerprint density at radius 2 is 1.93 bits per heavy atom. The smallest absolute Gasteiger partial charge is 0.249 e. The average molecular weight is 433 g/mol. The molecule has 8 heteroatoms. The largest absolute Gasteiger partial charge is 0.383 e. The van der Waals surface area contributed by atoms with Gasteiger partial charge in [0.25, 0.3) is 0 Å². The first-order valence-corrected chi connectivity index (χ1v) is 11.9. The highest BCUT2D eigenvalue weighted by atomic mass is 32.2. The zero-order valence-electron chi connectivity index (χ0n) is 16.5. The molecule has 0 bridgehead atoms. The Morgan fingerprint density at radius 1 is 1.17 bits per heavy atom. The van der Waals surface area contributed by atoms with Crippen LogP contribution in [-0.4, -0.2) is 38.4 Å². The Hall–Kier alpha value is -2.29. The molecule has 1 heterocycles. The van der Waals surface area contributed by atoms with E-state index in [1.807, 2.05) is 29.7 Å². The fourth-order valence-corrected chi connectivity index (χ4v) is 5.47. The second-order valence-electron chi connectivity index (χ2n) is 6.83. The first-order valence-electron chi connectivity index (χ1n) is 9.29. The number of carbonyl (C=O) groups excluding carboxylic acids is 1. The van der Waals surface area contributed by atoms with Crippen LogP contribution in [0.15, 0.2) is 53.5 Å². The zero-order chi connectivity index (χ0) is 20.9. The number of methoxy groups -OCH3 is 1. The van der Waals surface area contributed by atoms with E-state index in [0.717, 1.165) is 15.8 Å². The topological polar surface area (TPSA) is 77.7 Å². The zero-order valence-corrected chi connectivity index (χ0v) is 18.1. The Balaban J connectivity index is 1.78. The molecule has 2 aromatic carbocycles. The third kappa shape index (κ3) is 5.85. The van der Waals surface area contributed by atoms with Crippen LogP contribution in [0.3, 0.4) is 0 Å². The summed E-state index contributed by atoms with van der Waals surface area (Å²) in [4.78, 5) is 17.2. The number of rotatable bonds is 8. The maximum absolute atomic E-state index is 12.4. The maximum atomic E-state index is 12.4. The summed E-state index contributed by atoms with van der Waals surface area (Å²) in [5.74, 6) is -0.722. The fourth-order valence-electron chi connectivity index (χ4n) is 2.97. The maximum Gasteiger partial charge on any atom is 0.249 e. The molecule has 3 rings (SSSR count). The van der Waals surface area contributed by atoms with Crippen molar-refractivity contribution in [3.05, 3.63) is 64.5 Å². The number of aryl methyl sites for hydroxylation is 1. The van der Waals surface area contributed by atoms with E-state index in [1.54, 1.807) is 31.4 Å². The Bertz CT molecular complexity index is 1160. The van der Waals surface area contributed by atoms with Gasteiger partial charge >= 0.3 is 0 Å². The van der Waals surface area contributed by atoms with Crippen molar-refractivity contribution in [3.8, 4) is 0 Å². The molecule has 1 aromatic heterocycles. The van der Waals surface area contributed by atoms with Gasteiger partial charge in [-0.05, 0) is 30.2 Å². The number of hydrogen-bond acceptors (Lipinski definition) is 5. The van der Waals surface area contributed by atoms with Gasteiger partial charge in [0, 0.05) is 20.1 Å². The summed E-state index contributed by atoms with van der Waals surface area (Å²) in [6.07, 6.45) is -0.132. The molecular formula is C21H24N2O4S2. The lowest BCUT2D eigenvalue weighted by Gasteiger charge is -2.05. The predicted molar refractivity (Wildman–Crippen MR) is 116 cm³/mol. The number of aromatic nitrogens is 1. The third-order valence-corrected chi connectivity index (χ3v) is 7.07. The molecule has 0 unspecified atom stereocenters. The predicted octanol–water partition coefficient (Wildman–Crippen LogP) is 3.09. The van der Waals surface area contributed by atoms with Crippen molar-refractivity contribution in [2.75, 3.05) is 19.5 Å². The van der Waals surface area contributed by atoms with E-state index in [9.17, 15) is 13.2 Å². The van der Waals surface area contributed by atoms with Gasteiger partial charge in [-0.25, -0.2) is 8.42 Å². The van der Waals surface area contributed by atoms with Gasteiger partial charge in [0.15, 0.2) is 14.6 Å². The summed E-state index contributed by atoms with van der Waals surface area (Å²) in [6, 6.07) is 15.0. The fraction of sp³-hybridized carbons (Fsp3) is 0.333. The molecule has 0 saturated carbocycles. The number of hydrogen-bond donors (Lipinski definition) is 0. The molecule has 0 atom stereocenters. The molecule has 0 aliphatic heterocycles. The molecule has 154 valence electrons. The van der Waals surface area contributed by atoms with E-state index >= 15 is 0 Å². The van der Waals surface area contributed by atoms with Crippen molar-refractivity contribution in [2.24, 2.45) is 4.99 Å². The first-order chi connectivity index (χ1) is 13.9. The quantitative estimate of drug-likeness (QED) is 0.548. The standard InChI is InChI=1S/C21H24N2O4S2/c1-16-8-9-18-19(14-16)28-21(23(18)11-12-27-2)22-20(24)10-13-29(25,26)15-17-6-4-3-5-7-17/h3-9,14H,10-13,15H2,1-2H3. The second kappa shape index (κ2) is 9.47. The van der Waals surface area contributed by atoms with E-state index in [0.29, 0.717) is 23.5 Å². The number of thiazole rings is 1. The average Bonchev–Trinajstić information content (AvgIpc) is 3.01. The molecule has 6 nitrogen and oxygen atoms in total. The van der Waals surface area contributed by atoms with Gasteiger partial charge in [0.05, 0.1) is 28.3 Å². The molecule has 3 aromatic rings. The summed E-state index contributed by atoms with van der Waals surface area (Å²) >= 11 is 1.42. The second-order valence-corrected chi connectivity index (χ2v) is 10.0. The SMILES string of the molecule is COCCn1c(=NC(=O)CCS(=O)(=O)Cc2ccccc2)sc2cc(C)ccc21. The molecule has 0 fully saturated rings. The Morgan fingerprint density at radius 3 is 2.66 bits per heavy atom. The normalized spacial score (nSPS) is 12.6. The minimum absolute atomic E-state index is 0.0723. The highest BCUT2D eigenvalue weighted by Crippen LogP contribution is 2.19. The molecular weight excluding hydrogens is 408 g/mol. The van der Waals surface area contributed by atoms with Crippen LogP contribution in [0.25, 0.3) is 10.2 Å². The lowest BCUT2D eigenvalue weighted by molar-refractivity contribution is -0.117. The summed E-state index contributed by atoms with van der Waals surface area (Å²) in [7, 11) is -1.76. The van der Waals surface area contributed by atoms with E-state index in [4.69, 9.17) is 4.74 Å². The van der Waals surface area contributed by atoms with Crippen LogP contribution in [0.2, 0.25) is 0 Å². The number of sulfone groups is 1. The molecule has 29 heavy (non-hydrogen) atoms. The van der Waals surface area contributed by atoms with Crippen LogP contribution < -0.4 is 4.80 Å². The molecule has 0 aliphatic carbocycles. The van der Waals surface area contributed by atoms with Crippen molar-refractivity contribution >= 4 is 37.3 Å². The Labute approximate surface area is 174 Å². The lowest BCUT2D eigenvalue weighted by Crippen LogP contribution is -2.20. The van der Waals surface area contributed by atoms with Gasteiger partial charge in [-0.3, -0.25) is 4.79 Å². The molecule has 1 amide bonds. The Kier molecular flexibility index (Phi) is 7.00. The van der Waals surface area contributed by atoms with Crippen LogP contribution in [0, 0.1) is 6.92 Å². The third-order valence-electron chi connectivity index (χ3n) is 4.43. The van der Waals surface area contributed by atoms with Gasteiger partial charge in [0.2, 0.25) is 5.91 Å². The van der Waals surface area contributed by atoms with Crippen molar-refractivity contribution in [2.45, 2.75) is 25.6 Å². The summed E-state index contributed by atoms with van der Waals surface area (Å²) < 4.78 is 32.8.